The van der Waals surface area contributed by atoms with E-state index in [-0.39, 0.29) is 18.3 Å². The largest absolute Gasteiger partial charge is 0.381 e. The maximum absolute atomic E-state index is 11.9. The Morgan fingerprint density at radius 1 is 1.47 bits per heavy atom. The van der Waals surface area contributed by atoms with Crippen molar-refractivity contribution >= 4 is 18.3 Å². The quantitative estimate of drug-likeness (QED) is 0.823. The van der Waals surface area contributed by atoms with E-state index in [1.807, 2.05) is 11.9 Å². The molecule has 0 saturated carbocycles. The second-order valence-corrected chi connectivity index (χ2v) is 5.00. The number of nitrogens with zero attached hydrogens (tertiary/aromatic N) is 1. The lowest BCUT2D eigenvalue weighted by Gasteiger charge is -2.22. The SMILES string of the molecule is CN(CC1CCOC1)C(=O)CC1CCCN1.Cl. The van der Waals surface area contributed by atoms with Crippen LogP contribution in [0.25, 0.3) is 0 Å². The number of hydrogen-bond acceptors (Lipinski definition) is 3. The number of ether oxygens (including phenoxy) is 1. The Morgan fingerprint density at radius 3 is 2.88 bits per heavy atom. The van der Waals surface area contributed by atoms with Crippen LogP contribution in [-0.2, 0) is 9.53 Å². The van der Waals surface area contributed by atoms with Crippen LogP contribution in [0.2, 0.25) is 0 Å². The summed E-state index contributed by atoms with van der Waals surface area (Å²) in [5.74, 6) is 0.816. The molecule has 4 nitrogen and oxygen atoms in total. The number of halogens is 1. The maximum Gasteiger partial charge on any atom is 0.223 e. The predicted molar refractivity (Wildman–Crippen MR) is 69.5 cm³/mol. The molecule has 2 heterocycles. The Labute approximate surface area is 109 Å². The molecule has 0 aromatic heterocycles. The highest BCUT2D eigenvalue weighted by atomic mass is 35.5. The number of rotatable bonds is 4. The van der Waals surface area contributed by atoms with Crippen LogP contribution in [0.3, 0.4) is 0 Å². The standard InChI is InChI=1S/C12H22N2O2.ClH/c1-14(8-10-4-6-16-9-10)12(15)7-11-3-2-5-13-11;/h10-11,13H,2-9H2,1H3;1H. The van der Waals surface area contributed by atoms with Gasteiger partial charge in [-0.2, -0.15) is 0 Å². The minimum atomic E-state index is 0. The molecular weight excluding hydrogens is 240 g/mol. The molecule has 2 aliphatic heterocycles. The normalized spacial score (nSPS) is 27.8. The van der Waals surface area contributed by atoms with Gasteiger partial charge < -0.3 is 15.0 Å². The van der Waals surface area contributed by atoms with Crippen LogP contribution < -0.4 is 5.32 Å². The van der Waals surface area contributed by atoms with Crippen molar-refractivity contribution < 1.29 is 9.53 Å². The van der Waals surface area contributed by atoms with Gasteiger partial charge >= 0.3 is 0 Å². The zero-order valence-corrected chi connectivity index (χ0v) is 11.3. The van der Waals surface area contributed by atoms with Crippen LogP contribution in [0.4, 0.5) is 0 Å². The predicted octanol–water partition coefficient (Wildman–Crippen LogP) is 1.05. The molecular formula is C12H23ClN2O2. The monoisotopic (exact) mass is 262 g/mol. The second-order valence-electron chi connectivity index (χ2n) is 5.00. The van der Waals surface area contributed by atoms with Crippen LogP contribution in [-0.4, -0.2) is 50.2 Å². The van der Waals surface area contributed by atoms with Gasteiger partial charge in [0.05, 0.1) is 6.61 Å². The van der Waals surface area contributed by atoms with Crippen molar-refractivity contribution in [2.24, 2.45) is 5.92 Å². The van der Waals surface area contributed by atoms with Gasteiger partial charge in [0.25, 0.3) is 0 Å². The van der Waals surface area contributed by atoms with E-state index in [1.165, 1.54) is 6.42 Å². The summed E-state index contributed by atoms with van der Waals surface area (Å²) < 4.78 is 5.32. The average Bonchev–Trinajstić information content (AvgIpc) is 2.90. The third kappa shape index (κ3) is 4.45. The average molecular weight is 263 g/mol. The Bertz CT molecular complexity index is 239. The van der Waals surface area contributed by atoms with E-state index in [2.05, 4.69) is 5.32 Å². The van der Waals surface area contributed by atoms with Gasteiger partial charge in [-0.1, -0.05) is 0 Å². The van der Waals surface area contributed by atoms with Crippen molar-refractivity contribution in [3.63, 3.8) is 0 Å². The first kappa shape index (κ1) is 14.7. The summed E-state index contributed by atoms with van der Waals surface area (Å²) in [6, 6.07) is 0.412. The molecule has 2 rings (SSSR count). The minimum Gasteiger partial charge on any atom is -0.381 e. The van der Waals surface area contributed by atoms with E-state index >= 15 is 0 Å². The van der Waals surface area contributed by atoms with Gasteiger partial charge in [0.1, 0.15) is 0 Å². The molecule has 2 atom stereocenters. The number of hydrogen-bond donors (Lipinski definition) is 1. The Morgan fingerprint density at radius 2 is 2.29 bits per heavy atom. The van der Waals surface area contributed by atoms with E-state index in [0.29, 0.717) is 18.4 Å². The van der Waals surface area contributed by atoms with Crippen molar-refractivity contribution in [1.82, 2.24) is 10.2 Å². The van der Waals surface area contributed by atoms with Crippen molar-refractivity contribution in [3.8, 4) is 0 Å². The molecule has 0 aromatic rings. The molecule has 0 spiro atoms. The summed E-state index contributed by atoms with van der Waals surface area (Å²) in [6.07, 6.45) is 4.10. The highest BCUT2D eigenvalue weighted by molar-refractivity contribution is 5.85. The molecule has 1 amide bonds. The van der Waals surface area contributed by atoms with E-state index in [1.54, 1.807) is 0 Å². The molecule has 2 aliphatic rings. The molecule has 2 saturated heterocycles. The fraction of sp³-hybridized carbons (Fsp3) is 0.917. The van der Waals surface area contributed by atoms with Gasteiger partial charge in [-0.05, 0) is 25.8 Å². The summed E-state index contributed by atoms with van der Waals surface area (Å²) in [7, 11) is 1.91. The number of amides is 1. The highest BCUT2D eigenvalue weighted by Crippen LogP contribution is 2.15. The van der Waals surface area contributed by atoms with Crippen LogP contribution in [0.15, 0.2) is 0 Å². The van der Waals surface area contributed by atoms with Gasteiger partial charge in [0.2, 0.25) is 5.91 Å². The molecule has 2 fully saturated rings. The molecule has 1 N–H and O–H groups in total. The van der Waals surface area contributed by atoms with E-state index in [0.717, 1.165) is 39.1 Å². The Hall–Kier alpha value is -0.320. The van der Waals surface area contributed by atoms with Gasteiger partial charge in [-0.15, -0.1) is 12.4 Å². The minimum absolute atomic E-state index is 0. The van der Waals surface area contributed by atoms with E-state index in [4.69, 9.17) is 4.74 Å². The van der Waals surface area contributed by atoms with E-state index in [9.17, 15) is 4.79 Å². The fourth-order valence-electron chi connectivity index (χ4n) is 2.51. The fourth-order valence-corrected chi connectivity index (χ4v) is 2.51. The first-order chi connectivity index (χ1) is 7.75. The molecule has 2 unspecified atom stereocenters. The lowest BCUT2D eigenvalue weighted by atomic mass is 10.1. The van der Waals surface area contributed by atoms with Crippen LogP contribution >= 0.6 is 12.4 Å². The highest BCUT2D eigenvalue weighted by Gasteiger charge is 2.23. The molecule has 17 heavy (non-hydrogen) atoms. The second kappa shape index (κ2) is 7.19. The summed E-state index contributed by atoms with van der Waals surface area (Å²) in [6.45, 7) is 3.60. The number of carbonyl (C=O) groups excluding carboxylic acids is 1. The van der Waals surface area contributed by atoms with Gasteiger partial charge in [-0.25, -0.2) is 0 Å². The zero-order chi connectivity index (χ0) is 11.4. The summed E-state index contributed by atoms with van der Waals surface area (Å²) in [4.78, 5) is 13.8. The topological polar surface area (TPSA) is 41.6 Å². The Kier molecular flexibility index (Phi) is 6.23. The lowest BCUT2D eigenvalue weighted by Crippen LogP contribution is -2.36. The van der Waals surface area contributed by atoms with Gasteiger partial charge in [-0.3, -0.25) is 4.79 Å². The first-order valence-electron chi connectivity index (χ1n) is 6.31. The maximum atomic E-state index is 11.9. The molecule has 5 heteroatoms. The summed E-state index contributed by atoms with van der Waals surface area (Å²) >= 11 is 0. The Balaban J connectivity index is 0.00000144. The molecule has 100 valence electrons. The van der Waals surface area contributed by atoms with Crippen LogP contribution in [0.1, 0.15) is 25.7 Å². The van der Waals surface area contributed by atoms with Crippen molar-refractivity contribution in [2.45, 2.75) is 31.7 Å². The van der Waals surface area contributed by atoms with Crippen molar-refractivity contribution in [2.75, 3.05) is 33.4 Å². The van der Waals surface area contributed by atoms with Crippen LogP contribution in [0, 0.1) is 5.92 Å². The molecule has 0 bridgehead atoms. The van der Waals surface area contributed by atoms with Crippen molar-refractivity contribution in [3.05, 3.63) is 0 Å². The van der Waals surface area contributed by atoms with Gasteiger partial charge in [0.15, 0.2) is 0 Å². The lowest BCUT2D eigenvalue weighted by molar-refractivity contribution is -0.130. The zero-order valence-electron chi connectivity index (χ0n) is 10.5. The van der Waals surface area contributed by atoms with Crippen molar-refractivity contribution in [1.29, 1.82) is 0 Å². The van der Waals surface area contributed by atoms with Gasteiger partial charge in [0, 0.05) is 38.6 Å². The third-order valence-corrected chi connectivity index (χ3v) is 3.57. The summed E-state index contributed by atoms with van der Waals surface area (Å²) in [5, 5.41) is 3.36. The van der Waals surface area contributed by atoms with Crippen LogP contribution in [0.5, 0.6) is 0 Å². The first-order valence-corrected chi connectivity index (χ1v) is 6.31. The smallest absolute Gasteiger partial charge is 0.223 e. The molecule has 0 radical (unpaired) electrons. The number of nitrogens with one attached hydrogen (secondary N) is 1. The molecule has 0 aliphatic carbocycles. The van der Waals surface area contributed by atoms with E-state index < -0.39 is 0 Å². The molecule has 0 aromatic carbocycles. The number of carbonyl (C=O) groups is 1. The summed E-state index contributed by atoms with van der Waals surface area (Å²) in [5.41, 5.74) is 0. The third-order valence-electron chi connectivity index (χ3n) is 3.57.